The second kappa shape index (κ2) is 9.45. The molecule has 0 aliphatic carbocycles. The minimum Gasteiger partial charge on any atom is -0.454 e. The van der Waals surface area contributed by atoms with Crippen molar-refractivity contribution < 1.29 is 14.3 Å². The fraction of sp³-hybridized carbons (Fsp3) is 0.182. The molecule has 0 radical (unpaired) electrons. The van der Waals surface area contributed by atoms with Crippen LogP contribution in [0.5, 0.6) is 0 Å². The minimum absolute atomic E-state index is 0.00701. The van der Waals surface area contributed by atoms with Crippen molar-refractivity contribution in [2.24, 2.45) is 0 Å². The molecular formula is C22H21N3O4. The summed E-state index contributed by atoms with van der Waals surface area (Å²) in [6, 6.07) is 16.4. The van der Waals surface area contributed by atoms with Gasteiger partial charge in [0.25, 0.3) is 5.56 Å². The highest BCUT2D eigenvalue weighted by molar-refractivity contribution is 5.91. The van der Waals surface area contributed by atoms with Crippen LogP contribution in [-0.2, 0) is 14.3 Å². The molecule has 0 saturated heterocycles. The second-order valence-corrected chi connectivity index (χ2v) is 6.39. The van der Waals surface area contributed by atoms with Crippen LogP contribution in [0, 0.1) is 0 Å². The number of benzene rings is 2. The maximum absolute atomic E-state index is 12.1. The lowest BCUT2D eigenvalue weighted by molar-refractivity contribution is -0.148. The Hall–Kier alpha value is -3.74. The molecule has 2 aromatic carbocycles. The van der Waals surface area contributed by atoms with Gasteiger partial charge in [-0.2, -0.15) is 0 Å². The van der Waals surface area contributed by atoms with Crippen LogP contribution < -0.4 is 10.9 Å². The highest BCUT2D eigenvalue weighted by atomic mass is 16.5. The van der Waals surface area contributed by atoms with Gasteiger partial charge in [0.15, 0.2) is 11.9 Å². The Morgan fingerprint density at radius 1 is 1.14 bits per heavy atom. The third-order valence-corrected chi connectivity index (χ3v) is 4.18. The van der Waals surface area contributed by atoms with Gasteiger partial charge < -0.3 is 15.0 Å². The molecule has 1 amide bonds. The summed E-state index contributed by atoms with van der Waals surface area (Å²) in [5.41, 5.74) is 1.16. The maximum atomic E-state index is 12.1. The first-order valence-corrected chi connectivity index (χ1v) is 9.22. The van der Waals surface area contributed by atoms with Gasteiger partial charge in [-0.3, -0.25) is 14.4 Å². The van der Waals surface area contributed by atoms with Gasteiger partial charge in [-0.05, 0) is 30.7 Å². The number of hydrogen-bond donors (Lipinski definition) is 2. The molecule has 29 heavy (non-hydrogen) atoms. The Bertz CT molecular complexity index is 1090. The van der Waals surface area contributed by atoms with E-state index in [4.69, 9.17) is 4.74 Å². The summed E-state index contributed by atoms with van der Waals surface area (Å²) in [5.74, 6) is -0.521. The van der Waals surface area contributed by atoms with Crippen LogP contribution in [0.3, 0.4) is 0 Å². The molecule has 1 heterocycles. The van der Waals surface area contributed by atoms with E-state index >= 15 is 0 Å². The molecule has 7 nitrogen and oxygen atoms in total. The predicted octanol–water partition coefficient (Wildman–Crippen LogP) is 2.75. The van der Waals surface area contributed by atoms with Gasteiger partial charge >= 0.3 is 5.97 Å². The summed E-state index contributed by atoms with van der Waals surface area (Å²) < 4.78 is 5.31. The lowest BCUT2D eigenvalue weighted by Gasteiger charge is -2.13. The summed E-state index contributed by atoms with van der Waals surface area (Å²) in [6.07, 6.45) is 2.39. The van der Waals surface area contributed by atoms with Gasteiger partial charge in [-0.1, -0.05) is 42.5 Å². The fourth-order valence-electron chi connectivity index (χ4n) is 2.69. The zero-order valence-electron chi connectivity index (χ0n) is 15.9. The lowest BCUT2D eigenvalue weighted by atomic mass is 10.2. The Morgan fingerprint density at radius 2 is 1.86 bits per heavy atom. The Morgan fingerprint density at radius 3 is 2.66 bits per heavy atom. The molecule has 1 aromatic heterocycles. The van der Waals surface area contributed by atoms with E-state index in [1.54, 1.807) is 37.3 Å². The number of rotatable bonds is 7. The van der Waals surface area contributed by atoms with Crippen molar-refractivity contribution in [3.8, 4) is 0 Å². The van der Waals surface area contributed by atoms with Crippen molar-refractivity contribution in [3.05, 3.63) is 82.4 Å². The standard InChI is InChI=1S/C22H21N3O4/c1-15(21-24-18-10-6-5-9-17(18)22(28)25-21)29-20(27)13-14-23-19(26)12-11-16-7-3-2-4-8-16/h2-12,15H,13-14H2,1H3,(H,23,26)(H,24,25,28)/b12-11+/t15-/m0/s1. The van der Waals surface area contributed by atoms with Crippen LogP contribution in [0.4, 0.5) is 0 Å². The summed E-state index contributed by atoms with van der Waals surface area (Å²) in [4.78, 5) is 42.9. The molecule has 2 N–H and O–H groups in total. The zero-order valence-corrected chi connectivity index (χ0v) is 15.9. The highest BCUT2D eigenvalue weighted by Gasteiger charge is 2.15. The Balaban J connectivity index is 1.48. The number of esters is 1. The second-order valence-electron chi connectivity index (χ2n) is 6.39. The Labute approximate surface area is 167 Å². The first kappa shape index (κ1) is 20.0. The minimum atomic E-state index is -0.714. The average molecular weight is 391 g/mol. The number of carbonyl (C=O) groups is 2. The summed E-state index contributed by atoms with van der Waals surface area (Å²) in [5, 5.41) is 3.10. The fourth-order valence-corrected chi connectivity index (χ4v) is 2.69. The number of fused-ring (bicyclic) bond motifs is 1. The van der Waals surface area contributed by atoms with Crippen LogP contribution in [0.25, 0.3) is 17.0 Å². The Kier molecular flexibility index (Phi) is 6.52. The molecule has 0 spiro atoms. The van der Waals surface area contributed by atoms with Crippen molar-refractivity contribution in [3.63, 3.8) is 0 Å². The van der Waals surface area contributed by atoms with E-state index in [-0.39, 0.29) is 30.3 Å². The monoisotopic (exact) mass is 391 g/mol. The molecule has 1 atom stereocenters. The number of amides is 1. The van der Waals surface area contributed by atoms with E-state index in [9.17, 15) is 14.4 Å². The number of ether oxygens (including phenoxy) is 1. The molecule has 148 valence electrons. The van der Waals surface area contributed by atoms with E-state index in [0.29, 0.717) is 10.9 Å². The quantitative estimate of drug-likeness (QED) is 0.476. The predicted molar refractivity (Wildman–Crippen MR) is 110 cm³/mol. The van der Waals surface area contributed by atoms with E-state index in [0.717, 1.165) is 5.56 Å². The molecule has 0 unspecified atom stereocenters. The highest BCUT2D eigenvalue weighted by Crippen LogP contribution is 2.14. The number of H-pyrrole nitrogens is 1. The number of carbonyl (C=O) groups excluding carboxylic acids is 2. The molecule has 3 aromatic rings. The third kappa shape index (κ3) is 5.62. The zero-order chi connectivity index (χ0) is 20.6. The molecular weight excluding hydrogens is 370 g/mol. The average Bonchev–Trinajstić information content (AvgIpc) is 2.73. The lowest BCUT2D eigenvalue weighted by Crippen LogP contribution is -2.25. The first-order valence-electron chi connectivity index (χ1n) is 9.22. The van der Waals surface area contributed by atoms with Gasteiger partial charge in [0.2, 0.25) is 5.91 Å². The van der Waals surface area contributed by atoms with E-state index < -0.39 is 12.1 Å². The van der Waals surface area contributed by atoms with Gasteiger partial charge in [0.05, 0.1) is 17.3 Å². The number of hydrogen-bond acceptors (Lipinski definition) is 5. The molecule has 0 bridgehead atoms. The normalized spacial score (nSPS) is 12.0. The van der Waals surface area contributed by atoms with E-state index in [1.165, 1.54) is 6.08 Å². The number of nitrogens with one attached hydrogen (secondary N) is 2. The maximum Gasteiger partial charge on any atom is 0.308 e. The summed E-state index contributed by atoms with van der Waals surface area (Å²) >= 11 is 0. The number of aromatic nitrogens is 2. The van der Waals surface area contributed by atoms with E-state index in [2.05, 4.69) is 15.3 Å². The van der Waals surface area contributed by atoms with Gasteiger partial charge in [0.1, 0.15) is 0 Å². The smallest absolute Gasteiger partial charge is 0.308 e. The van der Waals surface area contributed by atoms with Crippen molar-refractivity contribution >= 4 is 28.9 Å². The molecule has 0 aliphatic rings. The molecule has 7 heteroatoms. The van der Waals surface area contributed by atoms with Crippen LogP contribution in [0.1, 0.15) is 30.8 Å². The van der Waals surface area contributed by atoms with Crippen molar-refractivity contribution in [2.75, 3.05) is 6.54 Å². The van der Waals surface area contributed by atoms with Crippen LogP contribution in [0.2, 0.25) is 0 Å². The number of para-hydroxylation sites is 1. The molecule has 0 fully saturated rings. The van der Waals surface area contributed by atoms with Gasteiger partial charge in [0, 0.05) is 12.6 Å². The number of nitrogens with zero attached hydrogens (tertiary/aromatic N) is 1. The van der Waals surface area contributed by atoms with Crippen molar-refractivity contribution in [1.29, 1.82) is 0 Å². The van der Waals surface area contributed by atoms with Crippen molar-refractivity contribution in [2.45, 2.75) is 19.4 Å². The number of aromatic amines is 1. The van der Waals surface area contributed by atoms with Crippen LogP contribution in [0.15, 0.2) is 65.5 Å². The third-order valence-electron chi connectivity index (χ3n) is 4.18. The largest absolute Gasteiger partial charge is 0.454 e. The summed E-state index contributed by atoms with van der Waals surface area (Å²) in [7, 11) is 0. The van der Waals surface area contributed by atoms with Gasteiger partial charge in [-0.25, -0.2) is 4.98 Å². The SMILES string of the molecule is C[C@H](OC(=O)CCNC(=O)/C=C/c1ccccc1)c1nc2ccccc2c(=O)[nH]1. The van der Waals surface area contributed by atoms with Crippen LogP contribution >= 0.6 is 0 Å². The summed E-state index contributed by atoms with van der Waals surface area (Å²) in [6.45, 7) is 1.78. The van der Waals surface area contributed by atoms with Crippen molar-refractivity contribution in [1.82, 2.24) is 15.3 Å². The van der Waals surface area contributed by atoms with E-state index in [1.807, 2.05) is 30.3 Å². The van der Waals surface area contributed by atoms with Gasteiger partial charge in [-0.15, -0.1) is 0 Å². The molecule has 0 saturated carbocycles. The first-order chi connectivity index (χ1) is 14.0. The molecule has 0 aliphatic heterocycles. The molecule has 3 rings (SSSR count). The van der Waals surface area contributed by atoms with Crippen LogP contribution in [-0.4, -0.2) is 28.4 Å². The topological polar surface area (TPSA) is 101 Å².